The van der Waals surface area contributed by atoms with Gasteiger partial charge in [0, 0.05) is 5.54 Å². The highest BCUT2D eigenvalue weighted by Crippen LogP contribution is 2.35. The lowest BCUT2D eigenvalue weighted by Gasteiger charge is -2.40. The summed E-state index contributed by atoms with van der Waals surface area (Å²) in [6, 6.07) is 0. The zero-order chi connectivity index (χ0) is 8.32. The molecule has 0 heterocycles. The minimum absolute atomic E-state index is 0. The average Bonchev–Trinajstić information content (AvgIpc) is 2.05. The zero-order valence-corrected chi connectivity index (χ0v) is 11.1. The SMILES string of the molecule is CCC1CCCCC1(N)CC.Cl.Cl.N. The second-order valence-electron chi connectivity index (χ2n) is 3.94. The summed E-state index contributed by atoms with van der Waals surface area (Å²) in [7, 11) is 0. The average molecular weight is 245 g/mol. The number of nitrogens with two attached hydrogens (primary N) is 1. The lowest BCUT2D eigenvalue weighted by Crippen LogP contribution is -2.48. The predicted molar refractivity (Wildman–Crippen MR) is 69.0 cm³/mol. The van der Waals surface area contributed by atoms with E-state index in [1.807, 2.05) is 0 Å². The summed E-state index contributed by atoms with van der Waals surface area (Å²) in [5.41, 5.74) is 6.50. The third kappa shape index (κ3) is 4.35. The molecule has 1 saturated carbocycles. The first-order chi connectivity index (χ1) is 5.23. The van der Waals surface area contributed by atoms with Crippen molar-refractivity contribution < 1.29 is 0 Å². The molecular formula is C10H26Cl2N2. The molecule has 0 aromatic rings. The van der Waals surface area contributed by atoms with Gasteiger partial charge in [0.2, 0.25) is 0 Å². The Kier molecular flexibility index (Phi) is 12.5. The third-order valence-electron chi connectivity index (χ3n) is 3.41. The van der Waals surface area contributed by atoms with E-state index in [1.54, 1.807) is 0 Å². The van der Waals surface area contributed by atoms with Crippen molar-refractivity contribution in [2.75, 3.05) is 0 Å². The molecule has 1 aliphatic carbocycles. The Bertz CT molecular complexity index is 133. The molecule has 0 saturated heterocycles. The monoisotopic (exact) mass is 244 g/mol. The van der Waals surface area contributed by atoms with E-state index in [1.165, 1.54) is 32.1 Å². The van der Waals surface area contributed by atoms with Crippen LogP contribution >= 0.6 is 24.8 Å². The van der Waals surface area contributed by atoms with E-state index < -0.39 is 0 Å². The predicted octanol–water partition coefficient (Wildman–Crippen LogP) is 3.70. The molecule has 1 aliphatic rings. The van der Waals surface area contributed by atoms with Crippen molar-refractivity contribution in [2.45, 2.75) is 57.9 Å². The third-order valence-corrected chi connectivity index (χ3v) is 3.41. The fraction of sp³-hybridized carbons (Fsp3) is 1.00. The normalized spacial score (nSPS) is 30.6. The number of halogens is 2. The summed E-state index contributed by atoms with van der Waals surface area (Å²) in [6.07, 6.45) is 7.79. The van der Waals surface area contributed by atoms with Crippen molar-refractivity contribution in [1.82, 2.24) is 6.15 Å². The molecule has 0 radical (unpaired) electrons. The maximum atomic E-state index is 6.31. The van der Waals surface area contributed by atoms with E-state index in [4.69, 9.17) is 5.73 Å². The quantitative estimate of drug-likeness (QED) is 0.779. The zero-order valence-electron chi connectivity index (χ0n) is 9.42. The minimum atomic E-state index is 0. The molecule has 1 fully saturated rings. The Morgan fingerprint density at radius 1 is 1.21 bits per heavy atom. The van der Waals surface area contributed by atoms with Crippen LogP contribution in [0.3, 0.4) is 0 Å². The summed E-state index contributed by atoms with van der Waals surface area (Å²) < 4.78 is 0. The largest absolute Gasteiger partial charge is 0.344 e. The van der Waals surface area contributed by atoms with E-state index in [9.17, 15) is 0 Å². The van der Waals surface area contributed by atoms with Gasteiger partial charge in [-0.1, -0.05) is 33.1 Å². The van der Waals surface area contributed by atoms with E-state index in [0.717, 1.165) is 12.3 Å². The molecule has 1 rings (SSSR count). The van der Waals surface area contributed by atoms with E-state index in [0.29, 0.717) is 0 Å². The summed E-state index contributed by atoms with van der Waals surface area (Å²) in [6.45, 7) is 4.50. The molecule has 5 N–H and O–H groups in total. The highest BCUT2D eigenvalue weighted by molar-refractivity contribution is 5.85. The van der Waals surface area contributed by atoms with Gasteiger partial charge in [-0.05, 0) is 25.2 Å². The summed E-state index contributed by atoms with van der Waals surface area (Å²) in [5.74, 6) is 0.793. The lowest BCUT2D eigenvalue weighted by atomic mass is 9.71. The van der Waals surface area contributed by atoms with Crippen LogP contribution < -0.4 is 11.9 Å². The maximum absolute atomic E-state index is 6.31. The fourth-order valence-corrected chi connectivity index (χ4v) is 2.41. The van der Waals surface area contributed by atoms with Gasteiger partial charge in [0.15, 0.2) is 0 Å². The molecular weight excluding hydrogens is 219 g/mol. The van der Waals surface area contributed by atoms with Gasteiger partial charge >= 0.3 is 0 Å². The van der Waals surface area contributed by atoms with Gasteiger partial charge in [0.1, 0.15) is 0 Å². The molecule has 90 valence electrons. The molecule has 2 atom stereocenters. The van der Waals surface area contributed by atoms with E-state index in [2.05, 4.69) is 13.8 Å². The summed E-state index contributed by atoms with van der Waals surface area (Å²) in [5, 5.41) is 0. The molecule has 2 unspecified atom stereocenters. The Hall–Kier alpha value is 0.500. The second kappa shape index (κ2) is 8.78. The van der Waals surface area contributed by atoms with Crippen molar-refractivity contribution >= 4 is 24.8 Å². The first kappa shape index (κ1) is 20.0. The minimum Gasteiger partial charge on any atom is -0.344 e. The van der Waals surface area contributed by atoms with Crippen LogP contribution in [0, 0.1) is 5.92 Å². The van der Waals surface area contributed by atoms with Crippen LogP contribution in [-0.2, 0) is 0 Å². The van der Waals surface area contributed by atoms with Crippen LogP contribution in [0.5, 0.6) is 0 Å². The van der Waals surface area contributed by atoms with E-state index in [-0.39, 0.29) is 36.5 Å². The van der Waals surface area contributed by atoms with Crippen molar-refractivity contribution in [2.24, 2.45) is 11.7 Å². The Balaban J connectivity index is -0.000000403. The first-order valence-electron chi connectivity index (χ1n) is 5.02. The molecule has 0 bridgehead atoms. The number of rotatable bonds is 2. The lowest BCUT2D eigenvalue weighted by molar-refractivity contribution is 0.177. The van der Waals surface area contributed by atoms with Crippen LogP contribution in [0.1, 0.15) is 52.4 Å². The smallest absolute Gasteiger partial charge is 0.0180 e. The van der Waals surface area contributed by atoms with Crippen LogP contribution in [0.25, 0.3) is 0 Å². The number of hydrogen-bond donors (Lipinski definition) is 2. The fourth-order valence-electron chi connectivity index (χ4n) is 2.41. The first-order valence-corrected chi connectivity index (χ1v) is 5.02. The highest BCUT2D eigenvalue weighted by Gasteiger charge is 2.33. The van der Waals surface area contributed by atoms with Gasteiger partial charge < -0.3 is 11.9 Å². The molecule has 0 aromatic carbocycles. The van der Waals surface area contributed by atoms with Gasteiger partial charge in [-0.2, -0.15) is 0 Å². The Labute approximate surface area is 101 Å². The van der Waals surface area contributed by atoms with Gasteiger partial charge in [-0.3, -0.25) is 0 Å². The highest BCUT2D eigenvalue weighted by atomic mass is 35.5. The molecule has 2 nitrogen and oxygen atoms in total. The van der Waals surface area contributed by atoms with Crippen LogP contribution in [-0.4, -0.2) is 5.54 Å². The standard InChI is InChI=1S/C10H21N.2ClH.H3N/c1-3-9-7-5-6-8-10(9,11)4-2;;;/h9H,3-8,11H2,1-2H3;2*1H;1H3. The maximum Gasteiger partial charge on any atom is 0.0180 e. The van der Waals surface area contributed by atoms with Gasteiger partial charge in [0.25, 0.3) is 0 Å². The number of hydrogen-bond acceptors (Lipinski definition) is 2. The molecule has 14 heavy (non-hydrogen) atoms. The molecule has 0 spiro atoms. The van der Waals surface area contributed by atoms with Gasteiger partial charge in [0.05, 0.1) is 0 Å². The van der Waals surface area contributed by atoms with Crippen LogP contribution in [0.4, 0.5) is 0 Å². The van der Waals surface area contributed by atoms with Crippen molar-refractivity contribution in [3.8, 4) is 0 Å². The summed E-state index contributed by atoms with van der Waals surface area (Å²) >= 11 is 0. The van der Waals surface area contributed by atoms with Crippen molar-refractivity contribution in [3.63, 3.8) is 0 Å². The van der Waals surface area contributed by atoms with Gasteiger partial charge in [-0.25, -0.2) is 0 Å². The second-order valence-corrected chi connectivity index (χ2v) is 3.94. The van der Waals surface area contributed by atoms with Crippen molar-refractivity contribution in [1.29, 1.82) is 0 Å². The molecule has 0 amide bonds. The summed E-state index contributed by atoms with van der Waals surface area (Å²) in [4.78, 5) is 0. The van der Waals surface area contributed by atoms with Crippen molar-refractivity contribution in [3.05, 3.63) is 0 Å². The molecule has 4 heteroatoms. The van der Waals surface area contributed by atoms with E-state index >= 15 is 0 Å². The molecule has 0 aromatic heterocycles. The topological polar surface area (TPSA) is 61.0 Å². The van der Waals surface area contributed by atoms with Gasteiger partial charge in [-0.15, -0.1) is 24.8 Å². The van der Waals surface area contributed by atoms with Crippen LogP contribution in [0.2, 0.25) is 0 Å². The Morgan fingerprint density at radius 3 is 2.14 bits per heavy atom. The Morgan fingerprint density at radius 2 is 1.79 bits per heavy atom. The van der Waals surface area contributed by atoms with Crippen LogP contribution in [0.15, 0.2) is 0 Å². The molecule has 0 aliphatic heterocycles.